The standard InChI is InChI=1S/C12H19N3O4S/c1-7-4-5-15(6-8(7)2)20(18,19)11-9(3)13-14-10(11)12(16)17/h7-8H,4-6H2,1-3H3,(H,13,14)(H,16,17). The van der Waals surface area contributed by atoms with E-state index in [1.807, 2.05) is 6.92 Å². The SMILES string of the molecule is Cc1[nH]nc(C(=O)O)c1S(=O)(=O)N1CCC(C)C(C)C1. The molecule has 0 aliphatic carbocycles. The van der Waals surface area contributed by atoms with E-state index in [1.54, 1.807) is 0 Å². The van der Waals surface area contributed by atoms with Crippen LogP contribution in [0.1, 0.15) is 36.5 Å². The van der Waals surface area contributed by atoms with Gasteiger partial charge in [-0.05, 0) is 25.2 Å². The molecule has 0 bridgehead atoms. The summed E-state index contributed by atoms with van der Waals surface area (Å²) in [6.45, 7) is 6.44. The van der Waals surface area contributed by atoms with Crippen molar-refractivity contribution in [3.05, 3.63) is 11.4 Å². The summed E-state index contributed by atoms with van der Waals surface area (Å²) in [4.78, 5) is 10.9. The first-order valence-electron chi connectivity index (χ1n) is 6.53. The molecule has 7 nitrogen and oxygen atoms in total. The van der Waals surface area contributed by atoms with Crippen LogP contribution in [0.3, 0.4) is 0 Å². The third-order valence-electron chi connectivity index (χ3n) is 3.99. The second kappa shape index (κ2) is 5.17. The van der Waals surface area contributed by atoms with Crippen molar-refractivity contribution >= 4 is 16.0 Å². The molecule has 1 fully saturated rings. The first kappa shape index (κ1) is 15.0. The Bertz CT molecular complexity index is 623. The lowest BCUT2D eigenvalue weighted by Gasteiger charge is -2.34. The summed E-state index contributed by atoms with van der Waals surface area (Å²) in [6, 6.07) is 0. The van der Waals surface area contributed by atoms with E-state index in [-0.39, 0.29) is 16.5 Å². The van der Waals surface area contributed by atoms with Gasteiger partial charge in [0.05, 0.1) is 5.69 Å². The molecule has 1 aliphatic rings. The highest BCUT2D eigenvalue weighted by Gasteiger charge is 2.36. The second-order valence-corrected chi connectivity index (χ2v) is 7.31. The van der Waals surface area contributed by atoms with Crippen LogP contribution in [0.25, 0.3) is 0 Å². The third-order valence-corrected chi connectivity index (χ3v) is 6.02. The predicted octanol–water partition coefficient (Wildman–Crippen LogP) is 1.08. The molecule has 112 valence electrons. The van der Waals surface area contributed by atoms with Crippen LogP contribution in [0.15, 0.2) is 4.90 Å². The Labute approximate surface area is 118 Å². The fourth-order valence-corrected chi connectivity index (χ4v) is 4.30. The van der Waals surface area contributed by atoms with Crippen molar-refractivity contribution in [2.24, 2.45) is 11.8 Å². The molecule has 2 N–H and O–H groups in total. The molecule has 8 heteroatoms. The largest absolute Gasteiger partial charge is 0.476 e. The number of piperidine rings is 1. The molecule has 1 saturated heterocycles. The van der Waals surface area contributed by atoms with Crippen LogP contribution in [0.5, 0.6) is 0 Å². The zero-order valence-corrected chi connectivity index (χ0v) is 12.6. The third kappa shape index (κ3) is 2.45. The van der Waals surface area contributed by atoms with Gasteiger partial charge in [0.15, 0.2) is 5.69 Å². The van der Waals surface area contributed by atoms with Crippen LogP contribution in [0.4, 0.5) is 0 Å². The van der Waals surface area contributed by atoms with Gasteiger partial charge in [-0.15, -0.1) is 0 Å². The van der Waals surface area contributed by atoms with Gasteiger partial charge in [0.2, 0.25) is 10.0 Å². The van der Waals surface area contributed by atoms with Gasteiger partial charge >= 0.3 is 5.97 Å². The van der Waals surface area contributed by atoms with Gasteiger partial charge in [-0.25, -0.2) is 13.2 Å². The van der Waals surface area contributed by atoms with Crippen molar-refractivity contribution in [2.75, 3.05) is 13.1 Å². The van der Waals surface area contributed by atoms with Gasteiger partial charge in [0.1, 0.15) is 4.90 Å². The second-order valence-electron chi connectivity index (χ2n) is 5.44. The summed E-state index contributed by atoms with van der Waals surface area (Å²) in [5, 5.41) is 15.1. The van der Waals surface area contributed by atoms with Crippen molar-refractivity contribution in [3.63, 3.8) is 0 Å². The topological polar surface area (TPSA) is 103 Å². The van der Waals surface area contributed by atoms with E-state index < -0.39 is 21.7 Å². The number of sulfonamides is 1. The normalized spacial score (nSPS) is 24.8. The van der Waals surface area contributed by atoms with Gasteiger partial charge in [-0.3, -0.25) is 5.10 Å². The van der Waals surface area contributed by atoms with Crippen LogP contribution in [-0.4, -0.2) is 47.1 Å². The average molecular weight is 301 g/mol. The molecule has 0 amide bonds. The summed E-state index contributed by atoms with van der Waals surface area (Å²) < 4.78 is 26.7. The minimum Gasteiger partial charge on any atom is -0.476 e. The van der Waals surface area contributed by atoms with E-state index in [1.165, 1.54) is 11.2 Å². The fourth-order valence-electron chi connectivity index (χ4n) is 2.45. The van der Waals surface area contributed by atoms with E-state index in [0.717, 1.165) is 6.42 Å². The Morgan fingerprint density at radius 3 is 2.60 bits per heavy atom. The molecule has 20 heavy (non-hydrogen) atoms. The lowest BCUT2D eigenvalue weighted by atomic mass is 9.90. The van der Waals surface area contributed by atoms with E-state index in [4.69, 9.17) is 5.11 Å². The number of hydrogen-bond donors (Lipinski definition) is 2. The number of aromatic amines is 1. The minimum atomic E-state index is -3.82. The monoisotopic (exact) mass is 301 g/mol. The quantitative estimate of drug-likeness (QED) is 0.869. The molecule has 0 aromatic carbocycles. The molecule has 0 spiro atoms. The van der Waals surface area contributed by atoms with Crippen molar-refractivity contribution in [3.8, 4) is 0 Å². The van der Waals surface area contributed by atoms with Crippen molar-refractivity contribution in [2.45, 2.75) is 32.1 Å². The van der Waals surface area contributed by atoms with E-state index >= 15 is 0 Å². The highest BCUT2D eigenvalue weighted by Crippen LogP contribution is 2.29. The number of aromatic carboxylic acids is 1. The zero-order chi connectivity index (χ0) is 15.1. The fraction of sp³-hybridized carbons (Fsp3) is 0.667. The number of carboxylic acids is 1. The number of nitrogens with one attached hydrogen (secondary N) is 1. The van der Waals surface area contributed by atoms with E-state index in [0.29, 0.717) is 19.0 Å². The summed E-state index contributed by atoms with van der Waals surface area (Å²) >= 11 is 0. The Kier molecular flexibility index (Phi) is 3.88. The molecule has 1 aromatic rings. The first-order chi connectivity index (χ1) is 9.25. The molecule has 1 aromatic heterocycles. The predicted molar refractivity (Wildman–Crippen MR) is 72.0 cm³/mol. The van der Waals surface area contributed by atoms with Crippen molar-refractivity contribution < 1.29 is 18.3 Å². The molecular weight excluding hydrogens is 282 g/mol. The summed E-state index contributed by atoms with van der Waals surface area (Å²) in [6.07, 6.45) is 0.777. The molecule has 0 radical (unpaired) electrons. The number of H-pyrrole nitrogens is 1. The van der Waals surface area contributed by atoms with E-state index in [9.17, 15) is 13.2 Å². The lowest BCUT2D eigenvalue weighted by molar-refractivity contribution is 0.0686. The number of aromatic nitrogens is 2. The number of hydrogen-bond acceptors (Lipinski definition) is 4. The lowest BCUT2D eigenvalue weighted by Crippen LogP contribution is -2.42. The molecule has 1 aliphatic heterocycles. The van der Waals surface area contributed by atoms with Crippen molar-refractivity contribution in [1.82, 2.24) is 14.5 Å². The zero-order valence-electron chi connectivity index (χ0n) is 11.8. The number of carbonyl (C=O) groups is 1. The smallest absolute Gasteiger partial charge is 0.357 e. The summed E-state index contributed by atoms with van der Waals surface area (Å²) in [5.74, 6) is -0.629. The number of carboxylic acid groups (broad SMARTS) is 1. The molecule has 0 saturated carbocycles. The van der Waals surface area contributed by atoms with Crippen LogP contribution in [0, 0.1) is 18.8 Å². The van der Waals surface area contributed by atoms with Gasteiger partial charge in [0, 0.05) is 13.1 Å². The maximum Gasteiger partial charge on any atom is 0.357 e. The van der Waals surface area contributed by atoms with Gasteiger partial charge < -0.3 is 5.11 Å². The molecule has 2 atom stereocenters. The highest BCUT2D eigenvalue weighted by molar-refractivity contribution is 7.89. The van der Waals surface area contributed by atoms with Crippen molar-refractivity contribution in [1.29, 1.82) is 0 Å². The number of aryl methyl sites for hydroxylation is 1. The van der Waals surface area contributed by atoms with Crippen LogP contribution in [-0.2, 0) is 10.0 Å². The van der Waals surface area contributed by atoms with Crippen LogP contribution >= 0.6 is 0 Å². The Hall–Kier alpha value is -1.41. The Morgan fingerprint density at radius 1 is 1.40 bits per heavy atom. The summed E-state index contributed by atoms with van der Waals surface area (Å²) in [7, 11) is -3.82. The Morgan fingerprint density at radius 2 is 2.05 bits per heavy atom. The first-order valence-corrected chi connectivity index (χ1v) is 7.97. The maximum atomic E-state index is 12.6. The number of rotatable bonds is 3. The maximum absolute atomic E-state index is 12.6. The number of nitrogens with zero attached hydrogens (tertiary/aromatic N) is 2. The van der Waals surface area contributed by atoms with E-state index in [2.05, 4.69) is 17.1 Å². The Balaban J connectivity index is 2.41. The average Bonchev–Trinajstić information content (AvgIpc) is 2.75. The highest BCUT2D eigenvalue weighted by atomic mass is 32.2. The van der Waals surface area contributed by atoms with Gasteiger partial charge in [-0.1, -0.05) is 13.8 Å². The van der Waals surface area contributed by atoms with Crippen LogP contribution in [0.2, 0.25) is 0 Å². The van der Waals surface area contributed by atoms with Crippen LogP contribution < -0.4 is 0 Å². The molecule has 2 rings (SSSR count). The van der Waals surface area contributed by atoms with Gasteiger partial charge in [-0.2, -0.15) is 9.40 Å². The van der Waals surface area contributed by atoms with Gasteiger partial charge in [0.25, 0.3) is 0 Å². The summed E-state index contributed by atoms with van der Waals surface area (Å²) in [5.41, 5.74) is -0.178. The molecular formula is C12H19N3O4S. The molecule has 2 unspecified atom stereocenters. The minimum absolute atomic E-state index is 0.216. The molecule has 2 heterocycles.